The lowest BCUT2D eigenvalue weighted by molar-refractivity contribution is 0.589. The van der Waals surface area contributed by atoms with E-state index in [-0.39, 0.29) is 0 Å². The summed E-state index contributed by atoms with van der Waals surface area (Å²) >= 11 is 0. The fraction of sp³-hybridized carbons (Fsp3) is 0.500. The molecule has 0 saturated heterocycles. The van der Waals surface area contributed by atoms with Gasteiger partial charge in [0, 0.05) is 12.6 Å². The Hall–Kier alpha value is -1.27. The molecular weight excluding hydrogens is 250 g/mol. The van der Waals surface area contributed by atoms with Gasteiger partial charge >= 0.3 is 0 Å². The maximum absolute atomic E-state index is 11.7. The van der Waals surface area contributed by atoms with Crippen LogP contribution in [-0.4, -0.2) is 21.0 Å². The highest BCUT2D eigenvalue weighted by Crippen LogP contribution is 2.32. The van der Waals surface area contributed by atoms with E-state index < -0.39 is 10.2 Å². The Bertz CT molecular complexity index is 528. The second-order valence-corrected chi connectivity index (χ2v) is 6.03. The summed E-state index contributed by atoms with van der Waals surface area (Å²) in [5.74, 6) is 0. The van der Waals surface area contributed by atoms with Crippen molar-refractivity contribution in [3.8, 4) is 0 Å². The Balaban J connectivity index is 2.29. The molecule has 0 saturated carbocycles. The molecule has 1 aromatic carbocycles. The van der Waals surface area contributed by atoms with Crippen LogP contribution in [0.2, 0.25) is 0 Å². The Morgan fingerprint density at radius 2 is 2.22 bits per heavy atom. The normalized spacial score (nSPS) is 18.9. The van der Waals surface area contributed by atoms with E-state index >= 15 is 0 Å². The molecule has 1 aliphatic heterocycles. The van der Waals surface area contributed by atoms with Crippen molar-refractivity contribution in [2.24, 2.45) is 0 Å². The average molecular weight is 269 g/mol. The van der Waals surface area contributed by atoms with Gasteiger partial charge in [0.25, 0.3) is 10.2 Å². The maximum Gasteiger partial charge on any atom is 0.299 e. The maximum atomic E-state index is 11.7. The van der Waals surface area contributed by atoms with Crippen LogP contribution in [-0.2, 0) is 16.6 Å². The largest absolute Gasteiger partial charge is 0.381 e. The van der Waals surface area contributed by atoms with Crippen LogP contribution in [0.3, 0.4) is 0 Å². The lowest BCUT2D eigenvalue weighted by atomic mass is 9.98. The van der Waals surface area contributed by atoms with Crippen molar-refractivity contribution in [3.05, 3.63) is 23.8 Å². The summed E-state index contributed by atoms with van der Waals surface area (Å²) in [6, 6.07) is 6.04. The van der Waals surface area contributed by atoms with Crippen LogP contribution in [0.5, 0.6) is 0 Å². The quantitative estimate of drug-likeness (QED) is 0.779. The van der Waals surface area contributed by atoms with E-state index in [1.807, 2.05) is 12.1 Å². The number of rotatable bonds is 4. The van der Waals surface area contributed by atoms with Gasteiger partial charge in [-0.1, -0.05) is 19.1 Å². The van der Waals surface area contributed by atoms with Crippen LogP contribution in [0.15, 0.2) is 18.2 Å². The lowest BCUT2D eigenvalue weighted by Crippen LogP contribution is -2.31. The van der Waals surface area contributed by atoms with Gasteiger partial charge in [-0.3, -0.25) is 4.72 Å². The van der Waals surface area contributed by atoms with E-state index in [4.69, 9.17) is 0 Å². The fourth-order valence-corrected chi connectivity index (χ4v) is 3.04. The summed E-state index contributed by atoms with van der Waals surface area (Å²) < 4.78 is 28.4. The number of nitrogens with one attached hydrogen (secondary N) is 3. The van der Waals surface area contributed by atoms with Gasteiger partial charge < -0.3 is 5.32 Å². The highest BCUT2D eigenvalue weighted by Gasteiger charge is 2.19. The lowest BCUT2D eigenvalue weighted by Gasteiger charge is -2.26. The third kappa shape index (κ3) is 2.94. The zero-order valence-electron chi connectivity index (χ0n) is 10.7. The molecule has 1 atom stereocenters. The van der Waals surface area contributed by atoms with Crippen molar-refractivity contribution in [2.75, 3.05) is 16.6 Å². The number of para-hydroxylation sites is 1. The predicted molar refractivity (Wildman–Crippen MR) is 74.1 cm³/mol. The van der Waals surface area contributed by atoms with Crippen LogP contribution in [0, 0.1) is 0 Å². The van der Waals surface area contributed by atoms with E-state index in [0.717, 1.165) is 24.1 Å². The predicted octanol–water partition coefficient (Wildman–Crippen LogP) is 1.70. The molecule has 0 fully saturated rings. The van der Waals surface area contributed by atoms with Crippen LogP contribution in [0.1, 0.15) is 25.8 Å². The van der Waals surface area contributed by atoms with E-state index in [1.165, 1.54) is 0 Å². The zero-order chi connectivity index (χ0) is 13.2. The van der Waals surface area contributed by atoms with Crippen molar-refractivity contribution in [1.82, 2.24) is 4.72 Å². The number of hydrogen-bond donors (Lipinski definition) is 3. The van der Waals surface area contributed by atoms with Crippen molar-refractivity contribution in [3.63, 3.8) is 0 Å². The highest BCUT2D eigenvalue weighted by atomic mass is 32.2. The first kappa shape index (κ1) is 13.2. The van der Waals surface area contributed by atoms with Gasteiger partial charge in [0.2, 0.25) is 0 Å². The Labute approximate surface area is 108 Å². The molecule has 1 heterocycles. The summed E-state index contributed by atoms with van der Waals surface area (Å²) in [6.07, 6.45) is 2.04. The van der Waals surface area contributed by atoms with Crippen molar-refractivity contribution in [1.29, 1.82) is 0 Å². The summed E-state index contributed by atoms with van der Waals surface area (Å²) in [4.78, 5) is 0. The fourth-order valence-electron chi connectivity index (χ4n) is 2.13. The van der Waals surface area contributed by atoms with Gasteiger partial charge in [0.05, 0.1) is 11.4 Å². The van der Waals surface area contributed by atoms with Gasteiger partial charge in [-0.15, -0.1) is 0 Å². The van der Waals surface area contributed by atoms with E-state index in [2.05, 4.69) is 21.7 Å². The number of anilines is 2. The number of aryl methyl sites for hydroxylation is 1. The molecule has 0 aliphatic carbocycles. The molecule has 100 valence electrons. The molecule has 5 nitrogen and oxygen atoms in total. The van der Waals surface area contributed by atoms with Crippen molar-refractivity contribution >= 4 is 21.6 Å². The third-order valence-corrected chi connectivity index (χ3v) is 4.12. The van der Waals surface area contributed by atoms with Crippen LogP contribution in [0.4, 0.5) is 11.4 Å². The summed E-state index contributed by atoms with van der Waals surface area (Å²) in [7, 11) is -3.48. The minimum absolute atomic E-state index is 0.363. The van der Waals surface area contributed by atoms with E-state index in [9.17, 15) is 8.42 Å². The number of hydrogen-bond acceptors (Lipinski definition) is 3. The van der Waals surface area contributed by atoms with Gasteiger partial charge in [0.15, 0.2) is 0 Å². The summed E-state index contributed by atoms with van der Waals surface area (Å²) in [5.41, 5.74) is 2.67. The first-order chi connectivity index (χ1) is 8.52. The molecule has 1 aromatic rings. The Morgan fingerprint density at radius 1 is 1.44 bits per heavy atom. The highest BCUT2D eigenvalue weighted by molar-refractivity contribution is 7.90. The first-order valence-electron chi connectivity index (χ1n) is 6.17. The molecule has 1 aliphatic rings. The molecule has 0 bridgehead atoms. The van der Waals surface area contributed by atoms with Crippen molar-refractivity contribution in [2.45, 2.75) is 32.7 Å². The van der Waals surface area contributed by atoms with E-state index in [0.29, 0.717) is 18.3 Å². The third-order valence-electron chi connectivity index (χ3n) is 2.97. The van der Waals surface area contributed by atoms with Crippen LogP contribution < -0.4 is 14.8 Å². The van der Waals surface area contributed by atoms with Crippen molar-refractivity contribution < 1.29 is 8.42 Å². The average Bonchev–Trinajstić information content (AvgIpc) is 2.29. The molecule has 1 unspecified atom stereocenters. The number of benzene rings is 1. The van der Waals surface area contributed by atoms with E-state index in [1.54, 1.807) is 13.0 Å². The monoisotopic (exact) mass is 269 g/mol. The standard InChI is InChI=1S/C12H19N3O2S/c1-3-13-18(16,17)15-11-6-4-5-10-8-7-9(2)14-12(10)11/h4-6,9,13-15H,3,7-8H2,1-2H3. The summed E-state index contributed by atoms with van der Waals surface area (Å²) in [5, 5.41) is 3.34. The molecule has 6 heteroatoms. The zero-order valence-corrected chi connectivity index (χ0v) is 11.5. The molecule has 0 spiro atoms. The Morgan fingerprint density at radius 3 is 2.94 bits per heavy atom. The molecule has 0 amide bonds. The second kappa shape index (κ2) is 5.16. The van der Waals surface area contributed by atoms with Gasteiger partial charge in [0.1, 0.15) is 0 Å². The van der Waals surface area contributed by atoms with Crippen LogP contribution >= 0.6 is 0 Å². The smallest absolute Gasteiger partial charge is 0.299 e. The van der Waals surface area contributed by atoms with Gasteiger partial charge in [-0.2, -0.15) is 13.1 Å². The topological polar surface area (TPSA) is 70.2 Å². The van der Waals surface area contributed by atoms with Crippen LogP contribution in [0.25, 0.3) is 0 Å². The first-order valence-corrected chi connectivity index (χ1v) is 7.66. The second-order valence-electron chi connectivity index (χ2n) is 4.53. The minimum atomic E-state index is -3.48. The molecular formula is C12H19N3O2S. The summed E-state index contributed by atoms with van der Waals surface area (Å²) in [6.45, 7) is 4.21. The minimum Gasteiger partial charge on any atom is -0.381 e. The van der Waals surface area contributed by atoms with Gasteiger partial charge in [-0.05, 0) is 31.4 Å². The number of fused-ring (bicyclic) bond motifs is 1. The molecule has 18 heavy (non-hydrogen) atoms. The molecule has 2 rings (SSSR count). The molecule has 0 radical (unpaired) electrons. The Kier molecular flexibility index (Phi) is 3.77. The van der Waals surface area contributed by atoms with Gasteiger partial charge in [-0.25, -0.2) is 0 Å². The SMILES string of the molecule is CCNS(=O)(=O)Nc1cccc2c1NC(C)CC2. The molecule has 0 aromatic heterocycles. The molecule has 3 N–H and O–H groups in total.